The van der Waals surface area contributed by atoms with Crippen molar-refractivity contribution in [3.05, 3.63) is 64.7 Å². The van der Waals surface area contributed by atoms with E-state index in [0.29, 0.717) is 17.2 Å². The number of hydrogen-bond acceptors (Lipinski definition) is 4. The quantitative estimate of drug-likeness (QED) is 0.740. The van der Waals surface area contributed by atoms with Crippen LogP contribution in [0.3, 0.4) is 0 Å². The standard InChI is InChI=1S/C17H16BrN5O/c1-11(2)16-10-20-22-23(16)15-5-3-4-14(7-15)21-17(24)12-6-13(18)9-19-8-12/h3-11H,1-2H3,(H,21,24). The van der Waals surface area contributed by atoms with Crippen LogP contribution in [0.15, 0.2) is 53.4 Å². The summed E-state index contributed by atoms with van der Waals surface area (Å²) in [4.78, 5) is 16.3. The normalized spacial score (nSPS) is 10.8. The Kier molecular flexibility index (Phi) is 4.71. The molecule has 0 fully saturated rings. The highest BCUT2D eigenvalue weighted by Gasteiger charge is 2.11. The molecule has 0 bridgehead atoms. The minimum atomic E-state index is -0.219. The first kappa shape index (κ1) is 16.3. The molecule has 0 aliphatic rings. The van der Waals surface area contributed by atoms with E-state index in [-0.39, 0.29) is 5.91 Å². The minimum Gasteiger partial charge on any atom is -0.322 e. The van der Waals surface area contributed by atoms with Crippen molar-refractivity contribution in [3.8, 4) is 5.69 Å². The first-order chi connectivity index (χ1) is 11.5. The van der Waals surface area contributed by atoms with Gasteiger partial charge in [-0.1, -0.05) is 25.1 Å². The Hall–Kier alpha value is -2.54. The summed E-state index contributed by atoms with van der Waals surface area (Å²) < 4.78 is 2.54. The van der Waals surface area contributed by atoms with E-state index in [9.17, 15) is 4.79 Å². The fourth-order valence-electron chi connectivity index (χ4n) is 2.29. The molecule has 1 amide bonds. The van der Waals surface area contributed by atoms with Crippen molar-refractivity contribution >= 4 is 27.5 Å². The van der Waals surface area contributed by atoms with E-state index in [1.54, 1.807) is 23.1 Å². The van der Waals surface area contributed by atoms with E-state index in [0.717, 1.165) is 15.9 Å². The molecule has 122 valence electrons. The molecule has 0 saturated heterocycles. The highest BCUT2D eigenvalue weighted by Crippen LogP contribution is 2.20. The predicted octanol–water partition coefficient (Wildman–Crippen LogP) is 3.80. The molecule has 7 heteroatoms. The molecule has 0 spiro atoms. The lowest BCUT2D eigenvalue weighted by Gasteiger charge is -2.11. The number of hydrogen-bond donors (Lipinski definition) is 1. The SMILES string of the molecule is CC(C)c1cnnn1-c1cccc(NC(=O)c2cncc(Br)c2)c1. The number of amides is 1. The van der Waals surface area contributed by atoms with Crippen molar-refractivity contribution < 1.29 is 4.79 Å². The Morgan fingerprint density at radius 1 is 1.21 bits per heavy atom. The molecule has 2 aromatic heterocycles. The van der Waals surface area contributed by atoms with Crippen molar-refractivity contribution in [3.63, 3.8) is 0 Å². The number of nitrogens with zero attached hydrogens (tertiary/aromatic N) is 4. The third-order valence-electron chi connectivity index (χ3n) is 3.48. The number of benzene rings is 1. The Labute approximate surface area is 148 Å². The van der Waals surface area contributed by atoms with Crippen LogP contribution in [-0.2, 0) is 0 Å². The molecule has 0 unspecified atom stereocenters. The molecule has 0 radical (unpaired) electrons. The van der Waals surface area contributed by atoms with Gasteiger partial charge in [0.2, 0.25) is 0 Å². The maximum Gasteiger partial charge on any atom is 0.257 e. The first-order valence-electron chi connectivity index (χ1n) is 7.47. The zero-order chi connectivity index (χ0) is 17.1. The monoisotopic (exact) mass is 385 g/mol. The molecule has 1 aromatic carbocycles. The number of carbonyl (C=O) groups excluding carboxylic acids is 1. The lowest BCUT2D eigenvalue weighted by molar-refractivity contribution is 0.102. The Morgan fingerprint density at radius 3 is 2.79 bits per heavy atom. The Morgan fingerprint density at radius 2 is 2.04 bits per heavy atom. The van der Waals surface area contributed by atoms with Crippen LogP contribution < -0.4 is 5.32 Å². The second kappa shape index (κ2) is 6.92. The highest BCUT2D eigenvalue weighted by atomic mass is 79.9. The molecule has 2 heterocycles. The van der Waals surface area contributed by atoms with Crippen LogP contribution in [-0.4, -0.2) is 25.9 Å². The fraction of sp³-hybridized carbons (Fsp3) is 0.176. The number of pyridine rings is 1. The highest BCUT2D eigenvalue weighted by molar-refractivity contribution is 9.10. The van der Waals surface area contributed by atoms with Gasteiger partial charge in [0.1, 0.15) is 0 Å². The minimum absolute atomic E-state index is 0.219. The largest absolute Gasteiger partial charge is 0.322 e. The molecule has 0 atom stereocenters. The fourth-order valence-corrected chi connectivity index (χ4v) is 2.66. The third kappa shape index (κ3) is 3.51. The van der Waals surface area contributed by atoms with Gasteiger partial charge in [0.05, 0.1) is 23.1 Å². The number of nitrogens with one attached hydrogen (secondary N) is 1. The average molecular weight is 386 g/mol. The zero-order valence-electron chi connectivity index (χ0n) is 13.3. The summed E-state index contributed by atoms with van der Waals surface area (Å²) in [5.41, 5.74) is 3.03. The van der Waals surface area contributed by atoms with Crippen LogP contribution in [0, 0.1) is 0 Å². The number of anilines is 1. The molecule has 3 aromatic rings. The van der Waals surface area contributed by atoms with Gasteiger partial charge < -0.3 is 5.32 Å². The second-order valence-electron chi connectivity index (χ2n) is 5.62. The molecule has 3 rings (SSSR count). The van der Waals surface area contributed by atoms with Gasteiger partial charge in [-0.05, 0) is 46.1 Å². The van der Waals surface area contributed by atoms with E-state index < -0.39 is 0 Å². The van der Waals surface area contributed by atoms with Crippen LogP contribution >= 0.6 is 15.9 Å². The summed E-state index contributed by atoms with van der Waals surface area (Å²) in [6.45, 7) is 4.17. The van der Waals surface area contributed by atoms with Crippen LogP contribution in [0.1, 0.15) is 35.8 Å². The Bertz CT molecular complexity index is 875. The van der Waals surface area contributed by atoms with Gasteiger partial charge in [-0.3, -0.25) is 9.78 Å². The van der Waals surface area contributed by atoms with Gasteiger partial charge in [0.15, 0.2) is 0 Å². The summed E-state index contributed by atoms with van der Waals surface area (Å²) in [7, 11) is 0. The lowest BCUT2D eigenvalue weighted by atomic mass is 10.1. The molecule has 1 N–H and O–H groups in total. The van der Waals surface area contributed by atoms with Gasteiger partial charge >= 0.3 is 0 Å². The number of carbonyl (C=O) groups is 1. The molecule has 0 saturated carbocycles. The topological polar surface area (TPSA) is 72.7 Å². The van der Waals surface area contributed by atoms with Gasteiger partial charge in [0.25, 0.3) is 5.91 Å². The molecule has 0 aliphatic carbocycles. The molecular weight excluding hydrogens is 370 g/mol. The van der Waals surface area contributed by atoms with Gasteiger partial charge in [-0.15, -0.1) is 5.10 Å². The smallest absolute Gasteiger partial charge is 0.257 e. The maximum atomic E-state index is 12.3. The summed E-state index contributed by atoms with van der Waals surface area (Å²) in [6, 6.07) is 9.22. The van der Waals surface area contributed by atoms with Crippen molar-refractivity contribution in [2.45, 2.75) is 19.8 Å². The van der Waals surface area contributed by atoms with Crippen LogP contribution in [0.25, 0.3) is 5.69 Å². The second-order valence-corrected chi connectivity index (χ2v) is 6.54. The molecule has 24 heavy (non-hydrogen) atoms. The van der Waals surface area contributed by atoms with Crippen molar-refractivity contribution in [1.82, 2.24) is 20.0 Å². The van der Waals surface area contributed by atoms with E-state index in [1.807, 2.05) is 24.3 Å². The van der Waals surface area contributed by atoms with E-state index in [4.69, 9.17) is 0 Å². The summed E-state index contributed by atoms with van der Waals surface area (Å²) in [5.74, 6) is 0.0783. The van der Waals surface area contributed by atoms with E-state index in [2.05, 4.69) is 50.4 Å². The maximum absolute atomic E-state index is 12.3. The number of aromatic nitrogens is 4. The Balaban J connectivity index is 1.86. The predicted molar refractivity (Wildman–Crippen MR) is 95.3 cm³/mol. The van der Waals surface area contributed by atoms with Crippen molar-refractivity contribution in [2.24, 2.45) is 0 Å². The van der Waals surface area contributed by atoms with Crippen LogP contribution in [0.5, 0.6) is 0 Å². The van der Waals surface area contributed by atoms with Crippen molar-refractivity contribution in [2.75, 3.05) is 5.32 Å². The van der Waals surface area contributed by atoms with E-state index in [1.165, 1.54) is 6.20 Å². The number of rotatable bonds is 4. The van der Waals surface area contributed by atoms with Crippen molar-refractivity contribution in [1.29, 1.82) is 0 Å². The van der Waals surface area contributed by atoms with Gasteiger partial charge in [-0.2, -0.15) is 0 Å². The summed E-state index contributed by atoms with van der Waals surface area (Å²) >= 11 is 3.31. The van der Waals surface area contributed by atoms with Gasteiger partial charge in [0, 0.05) is 22.6 Å². The van der Waals surface area contributed by atoms with E-state index >= 15 is 0 Å². The summed E-state index contributed by atoms with van der Waals surface area (Å²) in [6.07, 6.45) is 4.91. The summed E-state index contributed by atoms with van der Waals surface area (Å²) in [5, 5.41) is 11.0. The molecule has 6 nitrogen and oxygen atoms in total. The van der Waals surface area contributed by atoms with Crippen LogP contribution in [0.4, 0.5) is 5.69 Å². The molecular formula is C17H16BrN5O. The first-order valence-corrected chi connectivity index (χ1v) is 8.27. The average Bonchev–Trinajstić information content (AvgIpc) is 3.05. The van der Waals surface area contributed by atoms with Crippen LogP contribution in [0.2, 0.25) is 0 Å². The number of halogens is 1. The third-order valence-corrected chi connectivity index (χ3v) is 3.92. The van der Waals surface area contributed by atoms with Gasteiger partial charge in [-0.25, -0.2) is 4.68 Å². The zero-order valence-corrected chi connectivity index (χ0v) is 14.9. The molecule has 0 aliphatic heterocycles. The lowest BCUT2D eigenvalue weighted by Crippen LogP contribution is -2.12.